The lowest BCUT2D eigenvalue weighted by molar-refractivity contribution is 0.0209. The number of nitrogens with zero attached hydrogens (tertiary/aromatic N) is 4. The van der Waals surface area contributed by atoms with Crippen molar-refractivity contribution in [2.45, 2.75) is 24.5 Å². The Bertz CT molecular complexity index is 1160. The van der Waals surface area contributed by atoms with Gasteiger partial charge in [0.25, 0.3) is 0 Å². The molecule has 0 spiro atoms. The predicted molar refractivity (Wildman–Crippen MR) is 150 cm³/mol. The maximum absolute atomic E-state index is 9.77. The maximum Gasteiger partial charge on any atom is 0.186 e. The second-order valence-corrected chi connectivity index (χ2v) is 11.6. The molecule has 3 aromatic rings. The van der Waals surface area contributed by atoms with Crippen LogP contribution in [-0.4, -0.2) is 91.6 Å². The van der Waals surface area contributed by atoms with Gasteiger partial charge in [-0.05, 0) is 24.0 Å². The fraction of sp³-hybridized carbons (Fsp3) is 0.483. The number of piperazine rings is 1. The molecule has 0 radical (unpaired) electrons. The molecule has 3 N–H and O–H groups in total. The first-order valence-corrected chi connectivity index (χ1v) is 14.3. The molecule has 1 aliphatic carbocycles. The quantitative estimate of drug-likeness (QED) is 0.496. The normalized spacial score (nSPS) is 25.2. The summed E-state index contributed by atoms with van der Waals surface area (Å²) in [6.45, 7) is 10.2. The number of benzene rings is 2. The minimum atomic E-state index is -0.408. The molecule has 196 valence electrons. The Morgan fingerprint density at radius 1 is 0.865 bits per heavy atom. The molecule has 1 aromatic heterocycles. The highest BCUT2D eigenvalue weighted by Gasteiger charge is 2.41. The van der Waals surface area contributed by atoms with Crippen LogP contribution in [-0.2, 0) is 10.3 Å². The molecule has 0 bridgehead atoms. The van der Waals surface area contributed by atoms with Gasteiger partial charge in [0.05, 0.1) is 29.9 Å². The van der Waals surface area contributed by atoms with Crippen LogP contribution in [0, 0.1) is 0 Å². The Kier molecular flexibility index (Phi) is 7.29. The second kappa shape index (κ2) is 10.8. The van der Waals surface area contributed by atoms with E-state index < -0.39 is 5.54 Å². The Hall–Kier alpha value is -2.33. The number of rotatable bonds is 7. The van der Waals surface area contributed by atoms with E-state index in [1.165, 1.54) is 10.4 Å². The van der Waals surface area contributed by atoms with E-state index in [1.54, 1.807) is 11.3 Å². The number of nitrogens with two attached hydrogens (primary N) is 1. The van der Waals surface area contributed by atoms with Crippen LogP contribution in [0.5, 0.6) is 0 Å². The van der Waals surface area contributed by atoms with Gasteiger partial charge in [-0.15, -0.1) is 0 Å². The number of hydrogen-bond donors (Lipinski definition) is 2. The molecule has 3 heterocycles. The minimum Gasteiger partial charge on any atom is -0.393 e. The zero-order valence-electron chi connectivity index (χ0n) is 21.4. The molecule has 2 aliphatic heterocycles. The van der Waals surface area contributed by atoms with Crippen LogP contribution in [0.2, 0.25) is 0 Å². The third-order valence-electron chi connectivity index (χ3n) is 8.06. The van der Waals surface area contributed by atoms with Crippen LogP contribution in [0.25, 0.3) is 21.7 Å². The van der Waals surface area contributed by atoms with Gasteiger partial charge in [-0.25, -0.2) is 4.98 Å². The molecule has 2 saturated heterocycles. The first-order chi connectivity index (χ1) is 18.1. The summed E-state index contributed by atoms with van der Waals surface area (Å²) < 4.78 is 5.48. The summed E-state index contributed by atoms with van der Waals surface area (Å²) in [5.41, 5.74) is 10.5. The van der Waals surface area contributed by atoms with Gasteiger partial charge in [0.15, 0.2) is 5.13 Å². The van der Waals surface area contributed by atoms with Crippen LogP contribution in [0.15, 0.2) is 54.6 Å². The maximum atomic E-state index is 9.77. The molecule has 0 amide bonds. The van der Waals surface area contributed by atoms with Crippen LogP contribution >= 0.6 is 11.3 Å². The van der Waals surface area contributed by atoms with E-state index >= 15 is 0 Å². The zero-order valence-corrected chi connectivity index (χ0v) is 22.2. The fourth-order valence-corrected chi connectivity index (χ4v) is 6.82. The number of aromatic nitrogens is 1. The van der Waals surface area contributed by atoms with Crippen molar-refractivity contribution in [2.24, 2.45) is 5.73 Å². The van der Waals surface area contributed by atoms with Crippen molar-refractivity contribution in [3.05, 3.63) is 60.2 Å². The van der Waals surface area contributed by atoms with Crippen molar-refractivity contribution in [1.82, 2.24) is 14.8 Å². The molecule has 37 heavy (non-hydrogen) atoms. The summed E-state index contributed by atoms with van der Waals surface area (Å²) in [7, 11) is 0. The molecule has 0 unspecified atom stereocenters. The van der Waals surface area contributed by atoms with Crippen molar-refractivity contribution in [1.29, 1.82) is 0 Å². The van der Waals surface area contributed by atoms with Gasteiger partial charge in [-0.3, -0.25) is 9.80 Å². The van der Waals surface area contributed by atoms with Gasteiger partial charge in [-0.1, -0.05) is 65.9 Å². The summed E-state index contributed by atoms with van der Waals surface area (Å²) in [5, 5.41) is 10.9. The number of aliphatic hydroxyl groups is 1. The molecule has 7 nitrogen and oxygen atoms in total. The van der Waals surface area contributed by atoms with Crippen molar-refractivity contribution in [3.8, 4) is 21.7 Å². The average molecular weight is 520 g/mol. The van der Waals surface area contributed by atoms with E-state index in [4.69, 9.17) is 15.5 Å². The predicted octanol–water partition coefficient (Wildman–Crippen LogP) is 3.24. The van der Waals surface area contributed by atoms with Crippen molar-refractivity contribution >= 4 is 16.5 Å². The van der Waals surface area contributed by atoms with Gasteiger partial charge < -0.3 is 20.5 Å². The third kappa shape index (κ3) is 5.46. The third-order valence-corrected chi connectivity index (χ3v) is 9.23. The second-order valence-electron chi connectivity index (χ2n) is 10.6. The number of hydrogen-bond acceptors (Lipinski definition) is 8. The monoisotopic (exact) mass is 519 g/mol. The molecule has 3 aliphatic rings. The number of aliphatic hydroxyl groups excluding tert-OH is 1. The molecule has 0 atom stereocenters. The minimum absolute atomic E-state index is 0.282. The largest absolute Gasteiger partial charge is 0.393 e. The average Bonchev–Trinajstić information content (AvgIpc) is 3.38. The molecule has 6 rings (SSSR count). The Labute approximate surface area is 223 Å². The van der Waals surface area contributed by atoms with Crippen LogP contribution in [0.3, 0.4) is 0 Å². The lowest BCUT2D eigenvalue weighted by Gasteiger charge is -2.42. The Morgan fingerprint density at radius 2 is 1.51 bits per heavy atom. The van der Waals surface area contributed by atoms with Gasteiger partial charge in [0.2, 0.25) is 0 Å². The van der Waals surface area contributed by atoms with E-state index in [2.05, 4.69) is 69.3 Å². The Morgan fingerprint density at radius 3 is 2.16 bits per heavy atom. The summed E-state index contributed by atoms with van der Waals surface area (Å²) in [6.07, 6.45) is 0.970. The highest BCUT2D eigenvalue weighted by atomic mass is 32.1. The van der Waals surface area contributed by atoms with E-state index in [0.717, 1.165) is 87.5 Å². The fourth-order valence-electron chi connectivity index (χ4n) is 5.67. The summed E-state index contributed by atoms with van der Waals surface area (Å²) in [6, 6.07) is 19.1. The number of morpholine rings is 1. The van der Waals surface area contributed by atoms with Crippen LogP contribution < -0.4 is 10.6 Å². The zero-order chi connectivity index (χ0) is 25.2. The van der Waals surface area contributed by atoms with Crippen LogP contribution in [0.4, 0.5) is 5.13 Å². The van der Waals surface area contributed by atoms with E-state index in [0.29, 0.717) is 12.8 Å². The highest BCUT2D eigenvalue weighted by Crippen LogP contribution is 2.43. The first kappa shape index (κ1) is 25.0. The Balaban J connectivity index is 1.18. The smallest absolute Gasteiger partial charge is 0.186 e. The van der Waals surface area contributed by atoms with E-state index in [-0.39, 0.29) is 6.10 Å². The molecule has 8 heteroatoms. The highest BCUT2D eigenvalue weighted by molar-refractivity contribution is 7.19. The van der Waals surface area contributed by atoms with Gasteiger partial charge in [0.1, 0.15) is 0 Å². The summed E-state index contributed by atoms with van der Waals surface area (Å²) in [5.74, 6) is 0. The number of anilines is 1. The van der Waals surface area contributed by atoms with E-state index in [1.807, 2.05) is 0 Å². The molecular weight excluding hydrogens is 482 g/mol. The standard InChI is InChI=1S/C29H37N5O2S/c30-29(20-25(35)21-29)24-8-6-22(7-9-24)26-27(23-4-2-1-3-5-23)37-28(31-26)34-14-12-32(13-15-34)10-11-33-16-18-36-19-17-33/h1-9,25,35H,10-21,30H2. The topological polar surface area (TPSA) is 78.1 Å². The summed E-state index contributed by atoms with van der Waals surface area (Å²) >= 11 is 1.79. The van der Waals surface area contributed by atoms with Crippen LogP contribution in [0.1, 0.15) is 18.4 Å². The van der Waals surface area contributed by atoms with Crippen molar-refractivity contribution in [3.63, 3.8) is 0 Å². The lowest BCUT2D eigenvalue weighted by atomic mass is 9.70. The molecule has 3 fully saturated rings. The molecule has 1 saturated carbocycles. The molecular formula is C29H37N5O2S. The summed E-state index contributed by atoms with van der Waals surface area (Å²) in [4.78, 5) is 13.9. The van der Waals surface area contributed by atoms with Crippen molar-refractivity contribution in [2.75, 3.05) is 70.5 Å². The van der Waals surface area contributed by atoms with Crippen molar-refractivity contribution < 1.29 is 9.84 Å². The lowest BCUT2D eigenvalue weighted by Crippen LogP contribution is -2.51. The van der Waals surface area contributed by atoms with E-state index in [9.17, 15) is 5.11 Å². The number of ether oxygens (including phenoxy) is 1. The molecule has 2 aromatic carbocycles. The SMILES string of the molecule is NC1(c2ccc(-c3nc(N4CCN(CCN5CCOCC5)CC4)sc3-c3ccccc3)cc2)CC(O)C1. The van der Waals surface area contributed by atoms with Gasteiger partial charge in [-0.2, -0.15) is 0 Å². The van der Waals surface area contributed by atoms with Gasteiger partial charge >= 0.3 is 0 Å². The van der Waals surface area contributed by atoms with Gasteiger partial charge in [0, 0.05) is 63.5 Å². The number of thiazole rings is 1. The first-order valence-electron chi connectivity index (χ1n) is 13.5.